The molecule has 1 aliphatic heterocycles. The van der Waals surface area contributed by atoms with Crippen molar-refractivity contribution in [3.05, 3.63) is 18.5 Å². The normalized spacial score (nSPS) is 19.5. The molecule has 5 nitrogen and oxygen atoms in total. The molecule has 0 amide bonds. The number of nitrogens with zero attached hydrogens (tertiary/aromatic N) is 4. The van der Waals surface area contributed by atoms with Gasteiger partial charge in [-0.3, -0.25) is 4.90 Å². The van der Waals surface area contributed by atoms with Gasteiger partial charge in [-0.15, -0.1) is 0 Å². The van der Waals surface area contributed by atoms with Crippen LogP contribution in [-0.4, -0.2) is 59.7 Å². The summed E-state index contributed by atoms with van der Waals surface area (Å²) >= 11 is 0. The highest BCUT2D eigenvalue weighted by Gasteiger charge is 2.22. The molecule has 21 heavy (non-hydrogen) atoms. The molecule has 5 heteroatoms. The lowest BCUT2D eigenvalue weighted by Crippen LogP contribution is -2.52. The third-order valence-corrected chi connectivity index (χ3v) is 4.26. The number of hydrogen-bond acceptors (Lipinski definition) is 5. The second kappa shape index (κ2) is 8.29. The predicted molar refractivity (Wildman–Crippen MR) is 87.7 cm³/mol. The third kappa shape index (κ3) is 4.93. The van der Waals surface area contributed by atoms with Crippen molar-refractivity contribution in [1.82, 2.24) is 20.2 Å². The van der Waals surface area contributed by atoms with Gasteiger partial charge in [0.15, 0.2) is 0 Å². The molecule has 0 aliphatic carbocycles. The van der Waals surface area contributed by atoms with E-state index < -0.39 is 0 Å². The molecule has 1 aromatic rings. The topological polar surface area (TPSA) is 44.3 Å². The largest absolute Gasteiger partial charge is 0.338 e. The number of rotatable bonds is 7. The Kier molecular flexibility index (Phi) is 6.39. The van der Waals surface area contributed by atoms with E-state index in [0.717, 1.165) is 38.7 Å². The predicted octanol–water partition coefficient (Wildman–Crippen LogP) is 1.77. The van der Waals surface area contributed by atoms with E-state index in [1.165, 1.54) is 12.8 Å². The van der Waals surface area contributed by atoms with Crippen molar-refractivity contribution in [3.8, 4) is 0 Å². The Balaban J connectivity index is 1.73. The highest BCUT2D eigenvalue weighted by Crippen LogP contribution is 2.11. The van der Waals surface area contributed by atoms with Crippen LogP contribution >= 0.6 is 0 Å². The fraction of sp³-hybridized carbons (Fsp3) is 0.750. The zero-order valence-corrected chi connectivity index (χ0v) is 13.6. The van der Waals surface area contributed by atoms with Crippen molar-refractivity contribution in [2.45, 2.75) is 45.7 Å². The second-order valence-electron chi connectivity index (χ2n) is 6.02. The average molecular weight is 291 g/mol. The third-order valence-electron chi connectivity index (χ3n) is 4.26. The fourth-order valence-corrected chi connectivity index (χ4v) is 2.85. The zero-order valence-electron chi connectivity index (χ0n) is 13.6. The van der Waals surface area contributed by atoms with E-state index in [9.17, 15) is 0 Å². The molecule has 0 bridgehead atoms. The van der Waals surface area contributed by atoms with E-state index in [1.807, 2.05) is 18.5 Å². The van der Waals surface area contributed by atoms with E-state index in [1.54, 1.807) is 0 Å². The van der Waals surface area contributed by atoms with E-state index in [-0.39, 0.29) is 0 Å². The molecule has 0 spiro atoms. The molecule has 1 fully saturated rings. The molecule has 1 aliphatic rings. The molecule has 0 saturated carbocycles. The highest BCUT2D eigenvalue weighted by atomic mass is 15.3. The van der Waals surface area contributed by atoms with Crippen LogP contribution in [0.1, 0.15) is 33.6 Å². The van der Waals surface area contributed by atoms with Crippen molar-refractivity contribution in [2.75, 3.05) is 37.6 Å². The maximum Gasteiger partial charge on any atom is 0.225 e. The van der Waals surface area contributed by atoms with Crippen molar-refractivity contribution in [1.29, 1.82) is 0 Å². The smallest absolute Gasteiger partial charge is 0.225 e. The first-order valence-corrected chi connectivity index (χ1v) is 8.20. The number of anilines is 1. The van der Waals surface area contributed by atoms with Gasteiger partial charge in [0.1, 0.15) is 0 Å². The quantitative estimate of drug-likeness (QED) is 0.829. The first kappa shape index (κ1) is 16.2. The van der Waals surface area contributed by atoms with Crippen molar-refractivity contribution in [3.63, 3.8) is 0 Å². The maximum atomic E-state index is 4.34. The van der Waals surface area contributed by atoms with Gasteiger partial charge in [0.05, 0.1) is 0 Å². The van der Waals surface area contributed by atoms with Crippen LogP contribution in [0, 0.1) is 0 Å². The molecular weight excluding hydrogens is 262 g/mol. The zero-order chi connectivity index (χ0) is 15.1. The number of piperazine rings is 1. The highest BCUT2D eigenvalue weighted by molar-refractivity contribution is 5.29. The van der Waals surface area contributed by atoms with Gasteiger partial charge >= 0.3 is 0 Å². The van der Waals surface area contributed by atoms with Crippen LogP contribution in [0.2, 0.25) is 0 Å². The van der Waals surface area contributed by atoms with Crippen LogP contribution < -0.4 is 10.2 Å². The summed E-state index contributed by atoms with van der Waals surface area (Å²) in [4.78, 5) is 13.5. The first-order valence-electron chi connectivity index (χ1n) is 8.20. The van der Waals surface area contributed by atoms with E-state index in [4.69, 9.17) is 0 Å². The van der Waals surface area contributed by atoms with Crippen LogP contribution in [0.3, 0.4) is 0 Å². The summed E-state index contributed by atoms with van der Waals surface area (Å²) < 4.78 is 0. The summed E-state index contributed by atoms with van der Waals surface area (Å²) in [5.74, 6) is 0.861. The van der Waals surface area contributed by atoms with Crippen LogP contribution in [0.5, 0.6) is 0 Å². The summed E-state index contributed by atoms with van der Waals surface area (Å²) in [5, 5.41) is 3.64. The molecule has 1 aromatic heterocycles. The Bertz CT molecular complexity index is 389. The van der Waals surface area contributed by atoms with Gasteiger partial charge in [0.2, 0.25) is 5.95 Å². The summed E-state index contributed by atoms with van der Waals surface area (Å²) in [6, 6.07) is 3.07. The van der Waals surface area contributed by atoms with Crippen LogP contribution in [0.25, 0.3) is 0 Å². The van der Waals surface area contributed by atoms with Gasteiger partial charge in [-0.2, -0.15) is 0 Å². The molecule has 118 valence electrons. The van der Waals surface area contributed by atoms with Gasteiger partial charge in [0, 0.05) is 57.2 Å². The Morgan fingerprint density at radius 3 is 2.43 bits per heavy atom. The SMILES string of the molecule is CCCC(C)NCC(C)N1CCN(c2ncccn2)CC1. The second-order valence-corrected chi connectivity index (χ2v) is 6.02. The van der Waals surface area contributed by atoms with Crippen molar-refractivity contribution in [2.24, 2.45) is 0 Å². The van der Waals surface area contributed by atoms with Crippen molar-refractivity contribution >= 4 is 5.95 Å². The minimum atomic E-state index is 0.586. The number of hydrogen-bond donors (Lipinski definition) is 1. The molecule has 1 N–H and O–H groups in total. The lowest BCUT2D eigenvalue weighted by Gasteiger charge is -2.38. The van der Waals surface area contributed by atoms with E-state index >= 15 is 0 Å². The molecule has 2 atom stereocenters. The summed E-state index contributed by atoms with van der Waals surface area (Å²) in [7, 11) is 0. The Morgan fingerprint density at radius 2 is 1.81 bits per heavy atom. The fourth-order valence-electron chi connectivity index (χ4n) is 2.85. The Labute approximate surface area is 128 Å². The van der Waals surface area contributed by atoms with Crippen LogP contribution in [-0.2, 0) is 0 Å². The Morgan fingerprint density at radius 1 is 1.14 bits per heavy atom. The van der Waals surface area contributed by atoms with Gasteiger partial charge in [-0.25, -0.2) is 9.97 Å². The standard InChI is InChI=1S/C16H29N5/c1-4-6-14(2)19-13-15(3)20-9-11-21(12-10-20)16-17-7-5-8-18-16/h5,7-8,14-15,19H,4,6,9-13H2,1-3H3. The summed E-state index contributed by atoms with van der Waals surface area (Å²) in [6.07, 6.45) is 6.14. The lowest BCUT2D eigenvalue weighted by atomic mass is 10.1. The van der Waals surface area contributed by atoms with Gasteiger partial charge < -0.3 is 10.2 Å². The maximum absolute atomic E-state index is 4.34. The van der Waals surface area contributed by atoms with Gasteiger partial charge in [-0.05, 0) is 26.3 Å². The molecular formula is C16H29N5. The summed E-state index contributed by atoms with van der Waals surface area (Å²) in [5.41, 5.74) is 0. The number of nitrogens with one attached hydrogen (secondary N) is 1. The lowest BCUT2D eigenvalue weighted by molar-refractivity contribution is 0.189. The monoisotopic (exact) mass is 291 g/mol. The van der Waals surface area contributed by atoms with Crippen LogP contribution in [0.4, 0.5) is 5.95 Å². The molecule has 2 rings (SSSR count). The molecule has 0 aromatic carbocycles. The minimum absolute atomic E-state index is 0.586. The average Bonchev–Trinajstić information content (AvgIpc) is 2.54. The minimum Gasteiger partial charge on any atom is -0.338 e. The van der Waals surface area contributed by atoms with E-state index in [0.29, 0.717) is 12.1 Å². The summed E-state index contributed by atoms with van der Waals surface area (Å²) in [6.45, 7) is 12.1. The molecule has 2 unspecified atom stereocenters. The van der Waals surface area contributed by atoms with Crippen LogP contribution in [0.15, 0.2) is 18.5 Å². The number of aromatic nitrogens is 2. The molecule has 1 saturated heterocycles. The van der Waals surface area contributed by atoms with Gasteiger partial charge in [0.25, 0.3) is 0 Å². The first-order chi connectivity index (χ1) is 10.2. The van der Waals surface area contributed by atoms with Crippen molar-refractivity contribution < 1.29 is 0 Å². The molecule has 2 heterocycles. The molecule has 0 radical (unpaired) electrons. The van der Waals surface area contributed by atoms with Gasteiger partial charge in [-0.1, -0.05) is 13.3 Å². The Hall–Kier alpha value is -1.20. The van der Waals surface area contributed by atoms with E-state index in [2.05, 4.69) is 45.9 Å².